The first-order chi connectivity index (χ1) is 11.1. The summed E-state index contributed by atoms with van der Waals surface area (Å²) in [6, 6.07) is 15.3. The van der Waals surface area contributed by atoms with Gasteiger partial charge in [0.1, 0.15) is 0 Å². The maximum Gasteiger partial charge on any atom is 0.330 e. The summed E-state index contributed by atoms with van der Waals surface area (Å²) in [5.74, 6) is 0. The van der Waals surface area contributed by atoms with Gasteiger partial charge in [0.05, 0.1) is 8.91 Å². The fourth-order valence-corrected chi connectivity index (χ4v) is 3.04. The van der Waals surface area contributed by atoms with Crippen molar-refractivity contribution < 1.29 is 4.79 Å². The van der Waals surface area contributed by atoms with E-state index >= 15 is 0 Å². The van der Waals surface area contributed by atoms with Crippen molar-refractivity contribution in [3.05, 3.63) is 69.2 Å². The number of hydrogen-bond donors (Lipinski definition) is 1. The fourth-order valence-electron chi connectivity index (χ4n) is 2.55. The van der Waals surface area contributed by atoms with Crippen molar-refractivity contribution in [3.63, 3.8) is 0 Å². The first-order valence-electron chi connectivity index (χ1n) is 7.06. The van der Waals surface area contributed by atoms with E-state index in [0.29, 0.717) is 0 Å². The van der Waals surface area contributed by atoms with Crippen molar-refractivity contribution in [1.29, 1.82) is 0 Å². The van der Waals surface area contributed by atoms with Gasteiger partial charge in [0.25, 0.3) is 0 Å². The number of aryl methyl sites for hydroxylation is 1. The molecule has 0 atom stereocenters. The van der Waals surface area contributed by atoms with Gasteiger partial charge in [-0.05, 0) is 68.1 Å². The number of aromatic nitrogens is 1. The second-order valence-electron chi connectivity index (χ2n) is 5.15. The molecule has 116 valence electrons. The zero-order valence-electron chi connectivity index (χ0n) is 12.4. The number of rotatable bonds is 2. The van der Waals surface area contributed by atoms with E-state index in [9.17, 15) is 4.79 Å². The van der Waals surface area contributed by atoms with Gasteiger partial charge >= 0.3 is 6.03 Å². The molecule has 3 aromatic rings. The van der Waals surface area contributed by atoms with Gasteiger partial charge in [0.2, 0.25) is 0 Å². The monoisotopic (exact) mass is 432 g/mol. The number of amides is 1. The van der Waals surface area contributed by atoms with Crippen LogP contribution in [0.1, 0.15) is 11.1 Å². The number of carbonyl (C=O) groups excluding carboxylic acids is 1. The zero-order valence-corrected chi connectivity index (χ0v) is 15.6. The number of nitrogens with one attached hydrogen (secondary N) is 1. The van der Waals surface area contributed by atoms with Crippen LogP contribution in [0.15, 0.2) is 58.1 Å². The summed E-state index contributed by atoms with van der Waals surface area (Å²) in [6.07, 6.45) is 3.76. The second-order valence-corrected chi connectivity index (χ2v) is 7.92. The van der Waals surface area contributed by atoms with Crippen LogP contribution in [0.3, 0.4) is 0 Å². The molecule has 5 heteroatoms. The molecule has 0 radical (unpaired) electrons. The van der Waals surface area contributed by atoms with E-state index in [0.717, 1.165) is 31.1 Å². The van der Waals surface area contributed by atoms with Gasteiger partial charge in [0.15, 0.2) is 0 Å². The molecule has 1 N–H and O–H groups in total. The molecule has 1 aromatic heterocycles. The molecule has 23 heavy (non-hydrogen) atoms. The smallest absolute Gasteiger partial charge is 0.307 e. The first kappa shape index (κ1) is 16.0. The van der Waals surface area contributed by atoms with Gasteiger partial charge in [-0.1, -0.05) is 36.4 Å². The van der Waals surface area contributed by atoms with Crippen molar-refractivity contribution >= 4 is 60.6 Å². The standard InChI is InChI=1S/C18H14Br2N2O/c1-12-11-22(16-9-5-3-7-14(12)16)18(23)21-15-8-4-2-6-13(15)10-17(19)20/h2-11H,1H3,(H,21,23). The summed E-state index contributed by atoms with van der Waals surface area (Å²) < 4.78 is 2.46. The number of hydrogen-bond acceptors (Lipinski definition) is 1. The Labute approximate surface area is 151 Å². The Morgan fingerprint density at radius 3 is 2.57 bits per heavy atom. The van der Waals surface area contributed by atoms with E-state index in [-0.39, 0.29) is 6.03 Å². The van der Waals surface area contributed by atoms with Gasteiger partial charge in [-0.3, -0.25) is 4.57 Å². The lowest BCUT2D eigenvalue weighted by atomic mass is 10.2. The highest BCUT2D eigenvalue weighted by Gasteiger charge is 2.12. The summed E-state index contributed by atoms with van der Waals surface area (Å²) in [5, 5.41) is 4.06. The number of benzene rings is 2. The third-order valence-corrected chi connectivity index (χ3v) is 4.05. The lowest BCUT2D eigenvalue weighted by Gasteiger charge is -2.10. The summed E-state index contributed by atoms with van der Waals surface area (Å²) in [4.78, 5) is 12.7. The predicted molar refractivity (Wildman–Crippen MR) is 103 cm³/mol. The number of carbonyl (C=O) groups is 1. The van der Waals surface area contributed by atoms with Crippen LogP contribution in [0.5, 0.6) is 0 Å². The van der Waals surface area contributed by atoms with E-state index in [1.165, 1.54) is 0 Å². The molecule has 1 amide bonds. The molecule has 0 aliphatic carbocycles. The molecule has 0 unspecified atom stereocenters. The van der Waals surface area contributed by atoms with E-state index in [4.69, 9.17) is 0 Å². The fraction of sp³-hybridized carbons (Fsp3) is 0.0556. The SMILES string of the molecule is Cc1cn(C(=O)Nc2ccccc2C=C(Br)Br)c2ccccc12. The molecule has 1 heterocycles. The Morgan fingerprint density at radius 1 is 1.09 bits per heavy atom. The summed E-state index contributed by atoms with van der Waals surface area (Å²) in [7, 11) is 0. The second kappa shape index (κ2) is 6.72. The zero-order chi connectivity index (χ0) is 16.4. The van der Waals surface area contributed by atoms with Gasteiger partial charge in [-0.2, -0.15) is 0 Å². The quantitative estimate of drug-likeness (QED) is 0.519. The Balaban J connectivity index is 1.98. The minimum Gasteiger partial charge on any atom is -0.307 e. The maximum atomic E-state index is 12.7. The van der Waals surface area contributed by atoms with Crippen molar-refractivity contribution in [1.82, 2.24) is 4.57 Å². The van der Waals surface area contributed by atoms with Crippen LogP contribution < -0.4 is 5.32 Å². The van der Waals surface area contributed by atoms with Crippen LogP contribution in [0.4, 0.5) is 10.5 Å². The molecule has 0 spiro atoms. The Kier molecular flexibility index (Phi) is 4.68. The van der Waals surface area contributed by atoms with Crippen molar-refractivity contribution in [2.45, 2.75) is 6.92 Å². The molecule has 3 rings (SSSR count). The van der Waals surface area contributed by atoms with Crippen molar-refractivity contribution in [3.8, 4) is 0 Å². The number of anilines is 1. The highest BCUT2D eigenvalue weighted by atomic mass is 79.9. The van der Waals surface area contributed by atoms with E-state index in [2.05, 4.69) is 37.2 Å². The van der Waals surface area contributed by atoms with Gasteiger partial charge in [-0.25, -0.2) is 4.79 Å². The molecular formula is C18H14Br2N2O. The van der Waals surface area contributed by atoms with Gasteiger partial charge in [0, 0.05) is 17.3 Å². The van der Waals surface area contributed by atoms with Crippen LogP contribution in [0, 0.1) is 6.92 Å². The van der Waals surface area contributed by atoms with Crippen LogP contribution >= 0.6 is 31.9 Å². The van der Waals surface area contributed by atoms with Gasteiger partial charge in [-0.15, -0.1) is 0 Å². The highest BCUT2D eigenvalue weighted by Crippen LogP contribution is 2.25. The molecule has 0 fully saturated rings. The normalized spacial score (nSPS) is 10.6. The van der Waals surface area contributed by atoms with E-state index < -0.39 is 0 Å². The van der Waals surface area contributed by atoms with E-state index in [1.54, 1.807) is 4.57 Å². The Bertz CT molecular complexity index is 908. The minimum atomic E-state index is -0.180. The maximum absolute atomic E-state index is 12.7. The van der Waals surface area contributed by atoms with Crippen LogP contribution in [-0.4, -0.2) is 10.6 Å². The third-order valence-electron chi connectivity index (χ3n) is 3.60. The van der Waals surface area contributed by atoms with Crippen LogP contribution in [0.2, 0.25) is 0 Å². The molecule has 2 aromatic carbocycles. The van der Waals surface area contributed by atoms with E-state index in [1.807, 2.05) is 67.7 Å². The lowest BCUT2D eigenvalue weighted by molar-refractivity contribution is 0.254. The molecule has 0 aliphatic rings. The Morgan fingerprint density at radius 2 is 1.78 bits per heavy atom. The average Bonchev–Trinajstić information content (AvgIpc) is 2.86. The highest BCUT2D eigenvalue weighted by molar-refractivity contribution is 9.28. The molecule has 0 bridgehead atoms. The number of fused-ring (bicyclic) bond motifs is 1. The molecular weight excluding hydrogens is 420 g/mol. The van der Waals surface area contributed by atoms with Gasteiger partial charge < -0.3 is 5.32 Å². The van der Waals surface area contributed by atoms with Crippen LogP contribution in [-0.2, 0) is 0 Å². The third kappa shape index (κ3) is 3.41. The van der Waals surface area contributed by atoms with Crippen molar-refractivity contribution in [2.75, 3.05) is 5.32 Å². The largest absolute Gasteiger partial charge is 0.330 e. The topological polar surface area (TPSA) is 34.0 Å². The van der Waals surface area contributed by atoms with Crippen LogP contribution in [0.25, 0.3) is 17.0 Å². The van der Waals surface area contributed by atoms with Crippen molar-refractivity contribution in [2.24, 2.45) is 0 Å². The lowest BCUT2D eigenvalue weighted by Crippen LogP contribution is -2.19. The number of halogens is 2. The molecule has 0 aliphatic heterocycles. The Hall–Kier alpha value is -1.85. The molecule has 3 nitrogen and oxygen atoms in total. The minimum absolute atomic E-state index is 0.180. The number of nitrogens with zero attached hydrogens (tertiary/aromatic N) is 1. The number of para-hydroxylation sites is 2. The summed E-state index contributed by atoms with van der Waals surface area (Å²) >= 11 is 6.70. The average molecular weight is 434 g/mol. The summed E-state index contributed by atoms with van der Waals surface area (Å²) in [5.41, 5.74) is 3.64. The first-order valence-corrected chi connectivity index (χ1v) is 8.64. The summed E-state index contributed by atoms with van der Waals surface area (Å²) in [6.45, 7) is 2.00. The molecule has 0 saturated carbocycles. The molecule has 0 saturated heterocycles. The predicted octanol–water partition coefficient (Wildman–Crippen LogP) is 6.12.